The van der Waals surface area contributed by atoms with Gasteiger partial charge < -0.3 is 5.73 Å². The summed E-state index contributed by atoms with van der Waals surface area (Å²) in [5.41, 5.74) is 8.05. The molecule has 1 saturated heterocycles. The minimum absolute atomic E-state index is 0.282. The van der Waals surface area contributed by atoms with Gasteiger partial charge in [-0.3, -0.25) is 4.90 Å². The normalized spacial score (nSPS) is 37.8. The van der Waals surface area contributed by atoms with Crippen LogP contribution in [0.25, 0.3) is 0 Å². The predicted molar refractivity (Wildman–Crippen MR) is 89.3 cm³/mol. The highest BCUT2D eigenvalue weighted by Crippen LogP contribution is 2.43. The van der Waals surface area contributed by atoms with E-state index in [0.717, 1.165) is 24.3 Å². The van der Waals surface area contributed by atoms with Crippen molar-refractivity contribution in [3.05, 3.63) is 35.9 Å². The first-order valence-corrected chi connectivity index (χ1v) is 8.65. The molecule has 2 N–H and O–H groups in total. The standard InChI is InChI=1S/C19H30N2/c1-15-12-21(13-16(15)2)19(14-20)10-8-18(9-11-19)17-6-4-3-5-7-17/h3-7,15-16,18H,8-14,20H2,1-2H3. The van der Waals surface area contributed by atoms with E-state index >= 15 is 0 Å². The van der Waals surface area contributed by atoms with Crippen molar-refractivity contribution in [3.63, 3.8) is 0 Å². The summed E-state index contributed by atoms with van der Waals surface area (Å²) in [6.07, 6.45) is 5.12. The topological polar surface area (TPSA) is 29.3 Å². The molecule has 1 aliphatic carbocycles. The second-order valence-electron chi connectivity index (χ2n) is 7.47. The summed E-state index contributed by atoms with van der Waals surface area (Å²) in [5.74, 6) is 2.38. The first-order chi connectivity index (χ1) is 10.1. The SMILES string of the molecule is CC1CN(C2(CN)CCC(c3ccccc3)CC2)CC1C. The van der Waals surface area contributed by atoms with E-state index in [1.165, 1.54) is 44.3 Å². The van der Waals surface area contributed by atoms with Gasteiger partial charge in [-0.1, -0.05) is 44.2 Å². The van der Waals surface area contributed by atoms with Crippen molar-refractivity contribution >= 4 is 0 Å². The van der Waals surface area contributed by atoms with Crippen molar-refractivity contribution in [2.75, 3.05) is 19.6 Å². The Kier molecular flexibility index (Phi) is 4.37. The second-order valence-corrected chi connectivity index (χ2v) is 7.47. The van der Waals surface area contributed by atoms with Gasteiger partial charge in [0, 0.05) is 25.2 Å². The molecule has 2 atom stereocenters. The number of likely N-dealkylation sites (tertiary alicyclic amines) is 1. The Hall–Kier alpha value is -0.860. The van der Waals surface area contributed by atoms with Gasteiger partial charge in [0.1, 0.15) is 0 Å². The Morgan fingerprint density at radius 3 is 2.14 bits per heavy atom. The molecule has 1 aromatic rings. The summed E-state index contributed by atoms with van der Waals surface area (Å²) in [4.78, 5) is 2.73. The molecule has 2 heteroatoms. The molecule has 1 heterocycles. The third kappa shape index (κ3) is 2.89. The average Bonchev–Trinajstić information content (AvgIpc) is 2.88. The van der Waals surface area contributed by atoms with Gasteiger partial charge in [0.05, 0.1) is 0 Å². The van der Waals surface area contributed by atoms with Crippen LogP contribution < -0.4 is 5.73 Å². The molecule has 0 bridgehead atoms. The van der Waals surface area contributed by atoms with E-state index < -0.39 is 0 Å². The van der Waals surface area contributed by atoms with Crippen LogP contribution in [0.4, 0.5) is 0 Å². The van der Waals surface area contributed by atoms with Gasteiger partial charge in [-0.25, -0.2) is 0 Å². The summed E-state index contributed by atoms with van der Waals surface area (Å²) in [6.45, 7) is 8.10. The molecule has 0 radical (unpaired) electrons. The zero-order valence-corrected chi connectivity index (χ0v) is 13.6. The lowest BCUT2D eigenvalue weighted by Crippen LogP contribution is -2.54. The average molecular weight is 286 g/mol. The molecule has 2 aliphatic rings. The van der Waals surface area contributed by atoms with Crippen LogP contribution in [0.2, 0.25) is 0 Å². The van der Waals surface area contributed by atoms with Crippen molar-refractivity contribution in [2.24, 2.45) is 17.6 Å². The van der Waals surface area contributed by atoms with Crippen LogP contribution in [0.15, 0.2) is 30.3 Å². The van der Waals surface area contributed by atoms with Crippen molar-refractivity contribution in [1.82, 2.24) is 4.90 Å². The number of hydrogen-bond acceptors (Lipinski definition) is 2. The second kappa shape index (κ2) is 6.10. The smallest absolute Gasteiger partial charge is 0.0332 e. The molecule has 0 aromatic heterocycles. The largest absolute Gasteiger partial charge is 0.329 e. The molecular weight excluding hydrogens is 256 g/mol. The fraction of sp³-hybridized carbons (Fsp3) is 0.684. The quantitative estimate of drug-likeness (QED) is 0.919. The number of rotatable bonds is 3. The molecule has 0 amide bonds. The Morgan fingerprint density at radius 2 is 1.62 bits per heavy atom. The van der Waals surface area contributed by atoms with Gasteiger partial charge in [0.25, 0.3) is 0 Å². The van der Waals surface area contributed by atoms with Gasteiger partial charge >= 0.3 is 0 Å². The summed E-state index contributed by atoms with van der Waals surface area (Å²) in [5, 5.41) is 0. The first kappa shape index (κ1) is 15.1. The summed E-state index contributed by atoms with van der Waals surface area (Å²) >= 11 is 0. The summed E-state index contributed by atoms with van der Waals surface area (Å²) in [7, 11) is 0. The van der Waals surface area contributed by atoms with E-state index in [2.05, 4.69) is 49.1 Å². The lowest BCUT2D eigenvalue weighted by Gasteiger charge is -2.46. The van der Waals surface area contributed by atoms with Crippen molar-refractivity contribution in [1.29, 1.82) is 0 Å². The highest BCUT2D eigenvalue weighted by Gasteiger charge is 2.43. The Balaban J connectivity index is 1.68. The Labute approximate surface area is 129 Å². The monoisotopic (exact) mass is 286 g/mol. The lowest BCUT2D eigenvalue weighted by atomic mass is 9.73. The fourth-order valence-corrected chi connectivity index (χ4v) is 4.38. The van der Waals surface area contributed by atoms with Crippen LogP contribution in [-0.2, 0) is 0 Å². The molecule has 2 fully saturated rings. The number of nitrogens with two attached hydrogens (primary N) is 1. The van der Waals surface area contributed by atoms with E-state index in [9.17, 15) is 0 Å². The number of hydrogen-bond donors (Lipinski definition) is 1. The van der Waals surface area contributed by atoms with E-state index in [1.54, 1.807) is 0 Å². The van der Waals surface area contributed by atoms with E-state index in [4.69, 9.17) is 5.73 Å². The van der Waals surface area contributed by atoms with Crippen LogP contribution in [0.5, 0.6) is 0 Å². The highest BCUT2D eigenvalue weighted by atomic mass is 15.2. The van der Waals surface area contributed by atoms with Gasteiger partial charge in [-0.05, 0) is 49.0 Å². The summed E-state index contributed by atoms with van der Waals surface area (Å²) < 4.78 is 0. The zero-order valence-electron chi connectivity index (χ0n) is 13.6. The van der Waals surface area contributed by atoms with Crippen molar-refractivity contribution in [3.8, 4) is 0 Å². The van der Waals surface area contributed by atoms with Crippen LogP contribution in [0.3, 0.4) is 0 Å². The maximum absolute atomic E-state index is 6.25. The Morgan fingerprint density at radius 1 is 1.05 bits per heavy atom. The molecule has 116 valence electrons. The molecule has 2 nitrogen and oxygen atoms in total. The van der Waals surface area contributed by atoms with Gasteiger partial charge in [0.15, 0.2) is 0 Å². The highest BCUT2D eigenvalue weighted by molar-refractivity contribution is 5.21. The van der Waals surface area contributed by atoms with Gasteiger partial charge in [0.2, 0.25) is 0 Å². The molecular formula is C19H30N2. The number of nitrogens with zero attached hydrogens (tertiary/aromatic N) is 1. The van der Waals surface area contributed by atoms with Crippen LogP contribution in [0, 0.1) is 11.8 Å². The number of benzene rings is 1. The van der Waals surface area contributed by atoms with Crippen LogP contribution in [0.1, 0.15) is 51.0 Å². The minimum Gasteiger partial charge on any atom is -0.329 e. The van der Waals surface area contributed by atoms with E-state index in [-0.39, 0.29) is 5.54 Å². The maximum Gasteiger partial charge on any atom is 0.0332 e. The fourth-order valence-electron chi connectivity index (χ4n) is 4.38. The minimum atomic E-state index is 0.282. The third-order valence-corrected chi connectivity index (χ3v) is 6.23. The molecule has 1 aromatic carbocycles. The molecule has 1 saturated carbocycles. The predicted octanol–water partition coefficient (Wildman–Crippen LogP) is 3.63. The molecule has 1 aliphatic heterocycles. The Bertz CT molecular complexity index is 438. The van der Waals surface area contributed by atoms with E-state index in [1.807, 2.05) is 0 Å². The summed E-state index contributed by atoms with van der Waals surface area (Å²) in [6, 6.07) is 11.0. The maximum atomic E-state index is 6.25. The zero-order chi connectivity index (χ0) is 14.9. The third-order valence-electron chi connectivity index (χ3n) is 6.23. The first-order valence-electron chi connectivity index (χ1n) is 8.65. The van der Waals surface area contributed by atoms with Gasteiger partial charge in [-0.2, -0.15) is 0 Å². The van der Waals surface area contributed by atoms with Crippen molar-refractivity contribution in [2.45, 2.75) is 51.0 Å². The molecule has 2 unspecified atom stereocenters. The van der Waals surface area contributed by atoms with Gasteiger partial charge in [-0.15, -0.1) is 0 Å². The van der Waals surface area contributed by atoms with Crippen LogP contribution in [-0.4, -0.2) is 30.1 Å². The molecule has 0 spiro atoms. The molecule has 21 heavy (non-hydrogen) atoms. The molecule has 3 rings (SSSR count). The van der Waals surface area contributed by atoms with E-state index in [0.29, 0.717) is 0 Å². The lowest BCUT2D eigenvalue weighted by molar-refractivity contribution is 0.0693. The van der Waals surface area contributed by atoms with Crippen molar-refractivity contribution < 1.29 is 0 Å². The van der Waals surface area contributed by atoms with Crippen LogP contribution >= 0.6 is 0 Å².